The Labute approximate surface area is 109 Å². The Kier molecular flexibility index (Phi) is 2.88. The molecule has 2 heterocycles. The lowest BCUT2D eigenvalue weighted by molar-refractivity contribution is 0.112. The summed E-state index contributed by atoms with van der Waals surface area (Å²) in [7, 11) is 0. The number of nitrogens with zero attached hydrogens (tertiary/aromatic N) is 1. The van der Waals surface area contributed by atoms with E-state index in [-0.39, 0.29) is 0 Å². The molecule has 92 valence electrons. The number of aryl methyl sites for hydroxylation is 2. The van der Waals surface area contributed by atoms with Crippen LogP contribution in [-0.4, -0.2) is 17.9 Å². The molecule has 0 aliphatic carbocycles. The molecule has 3 rings (SSSR count). The number of carbonyl (C=O) groups excluding carboxylic acids is 1. The number of aromatic nitrogens is 1. The van der Waals surface area contributed by atoms with Crippen LogP contribution >= 0.6 is 11.3 Å². The summed E-state index contributed by atoms with van der Waals surface area (Å²) in [5.74, 6) is 0.980. The van der Waals surface area contributed by atoms with E-state index in [0.29, 0.717) is 5.01 Å². The molecule has 1 aliphatic heterocycles. The fraction of sp³-hybridized carbons (Fsp3) is 0.286. The molecule has 0 radical (unpaired) electrons. The third-order valence-corrected chi connectivity index (χ3v) is 3.99. The zero-order valence-electron chi connectivity index (χ0n) is 10.1. The second-order valence-corrected chi connectivity index (χ2v) is 5.58. The van der Waals surface area contributed by atoms with Gasteiger partial charge in [-0.15, -0.1) is 11.3 Å². The summed E-state index contributed by atoms with van der Waals surface area (Å²) in [6.07, 6.45) is 2.92. The number of aldehydes is 1. The predicted octanol–water partition coefficient (Wildman–Crippen LogP) is 3.26. The number of ether oxygens (including phenoxy) is 1. The Bertz CT molecular complexity index is 604. The second-order valence-electron chi connectivity index (χ2n) is 4.35. The van der Waals surface area contributed by atoms with Gasteiger partial charge in [0, 0.05) is 10.4 Å². The fourth-order valence-corrected chi connectivity index (χ4v) is 3.00. The van der Waals surface area contributed by atoms with Crippen LogP contribution in [0.5, 0.6) is 5.75 Å². The lowest BCUT2D eigenvalue weighted by Crippen LogP contribution is -2.08. The van der Waals surface area contributed by atoms with E-state index in [9.17, 15) is 4.79 Å². The first-order valence-corrected chi connectivity index (χ1v) is 6.78. The average molecular weight is 259 g/mol. The van der Waals surface area contributed by atoms with Crippen LogP contribution in [0.1, 0.15) is 26.7 Å². The van der Waals surface area contributed by atoms with Crippen LogP contribution < -0.4 is 4.74 Å². The van der Waals surface area contributed by atoms with Gasteiger partial charge in [-0.2, -0.15) is 0 Å². The highest BCUT2D eigenvalue weighted by Gasteiger charge is 2.14. The molecule has 0 fully saturated rings. The average Bonchev–Trinajstić information content (AvgIpc) is 2.79. The lowest BCUT2D eigenvalue weighted by atomic mass is 10.0. The van der Waals surface area contributed by atoms with Crippen LogP contribution in [0.15, 0.2) is 18.2 Å². The summed E-state index contributed by atoms with van der Waals surface area (Å²) in [6.45, 7) is 2.80. The molecule has 4 heteroatoms. The van der Waals surface area contributed by atoms with E-state index >= 15 is 0 Å². The van der Waals surface area contributed by atoms with Gasteiger partial charge in [0.05, 0.1) is 12.3 Å². The molecule has 0 spiro atoms. The summed E-state index contributed by atoms with van der Waals surface area (Å²) >= 11 is 1.44. The monoisotopic (exact) mass is 259 g/mol. The first-order chi connectivity index (χ1) is 8.78. The van der Waals surface area contributed by atoms with Crippen LogP contribution in [0.2, 0.25) is 0 Å². The molecular weight excluding hydrogens is 246 g/mol. The van der Waals surface area contributed by atoms with Crippen molar-refractivity contribution in [2.24, 2.45) is 0 Å². The SMILES string of the molecule is Cc1sc(C=O)nc1-c1ccc2c(c1)CCCO2. The molecular formula is C14H13NO2S. The normalized spacial score (nSPS) is 13.8. The molecule has 18 heavy (non-hydrogen) atoms. The topological polar surface area (TPSA) is 39.2 Å². The summed E-state index contributed by atoms with van der Waals surface area (Å²) in [5.41, 5.74) is 3.22. The van der Waals surface area contributed by atoms with Crippen molar-refractivity contribution in [1.82, 2.24) is 4.98 Å². The highest BCUT2D eigenvalue weighted by molar-refractivity contribution is 7.13. The molecule has 0 atom stereocenters. The first-order valence-electron chi connectivity index (χ1n) is 5.96. The maximum absolute atomic E-state index is 10.8. The number of rotatable bonds is 2. The Hall–Kier alpha value is -1.68. The Morgan fingerprint density at radius 3 is 3.11 bits per heavy atom. The largest absolute Gasteiger partial charge is 0.493 e. The number of benzene rings is 1. The predicted molar refractivity (Wildman–Crippen MR) is 71.5 cm³/mol. The standard InChI is InChI=1S/C14H13NO2S/c1-9-14(15-13(8-16)18-9)11-4-5-12-10(7-11)3-2-6-17-12/h4-5,7-8H,2-3,6H2,1H3. The minimum Gasteiger partial charge on any atom is -0.493 e. The van der Waals surface area contributed by atoms with Gasteiger partial charge >= 0.3 is 0 Å². The van der Waals surface area contributed by atoms with E-state index in [1.54, 1.807) is 0 Å². The maximum Gasteiger partial charge on any atom is 0.178 e. The van der Waals surface area contributed by atoms with Crippen molar-refractivity contribution < 1.29 is 9.53 Å². The van der Waals surface area contributed by atoms with Crippen LogP contribution in [0, 0.1) is 6.92 Å². The molecule has 1 aliphatic rings. The van der Waals surface area contributed by atoms with Gasteiger partial charge in [0.15, 0.2) is 11.3 Å². The molecule has 0 saturated heterocycles. The minimum atomic E-state index is 0.538. The zero-order valence-corrected chi connectivity index (χ0v) is 10.9. The molecule has 0 saturated carbocycles. The quantitative estimate of drug-likeness (QED) is 0.777. The van der Waals surface area contributed by atoms with Crippen LogP contribution in [0.4, 0.5) is 0 Å². The Balaban J connectivity index is 2.05. The van der Waals surface area contributed by atoms with Crippen molar-refractivity contribution in [2.75, 3.05) is 6.61 Å². The smallest absolute Gasteiger partial charge is 0.178 e. The van der Waals surface area contributed by atoms with Gasteiger partial charge in [0.25, 0.3) is 0 Å². The van der Waals surface area contributed by atoms with Gasteiger partial charge in [-0.05, 0) is 43.5 Å². The van der Waals surface area contributed by atoms with E-state index in [2.05, 4.69) is 11.1 Å². The molecule has 0 N–H and O–H groups in total. The van der Waals surface area contributed by atoms with Gasteiger partial charge in [-0.3, -0.25) is 4.79 Å². The van der Waals surface area contributed by atoms with Gasteiger partial charge in [0.2, 0.25) is 0 Å². The highest BCUT2D eigenvalue weighted by Crippen LogP contribution is 2.32. The Morgan fingerprint density at radius 1 is 1.44 bits per heavy atom. The lowest BCUT2D eigenvalue weighted by Gasteiger charge is -2.17. The molecule has 2 aromatic rings. The van der Waals surface area contributed by atoms with Gasteiger partial charge in [-0.1, -0.05) is 0 Å². The summed E-state index contributed by atoms with van der Waals surface area (Å²) in [6, 6.07) is 6.15. The number of thiazole rings is 1. The third-order valence-electron chi connectivity index (χ3n) is 3.10. The van der Waals surface area contributed by atoms with Crippen molar-refractivity contribution in [3.05, 3.63) is 33.6 Å². The number of hydrogen-bond donors (Lipinski definition) is 0. The molecule has 0 bridgehead atoms. The van der Waals surface area contributed by atoms with E-state index in [1.807, 2.05) is 19.1 Å². The second kappa shape index (κ2) is 4.53. The fourth-order valence-electron chi connectivity index (χ4n) is 2.24. The summed E-state index contributed by atoms with van der Waals surface area (Å²) < 4.78 is 5.60. The van der Waals surface area contributed by atoms with Crippen molar-refractivity contribution in [3.8, 4) is 17.0 Å². The summed E-state index contributed by atoms with van der Waals surface area (Å²) in [5, 5.41) is 0.538. The highest BCUT2D eigenvalue weighted by atomic mass is 32.1. The third kappa shape index (κ3) is 1.93. The number of hydrogen-bond acceptors (Lipinski definition) is 4. The molecule has 0 amide bonds. The van der Waals surface area contributed by atoms with E-state index in [4.69, 9.17) is 4.74 Å². The van der Waals surface area contributed by atoms with Crippen molar-refractivity contribution >= 4 is 17.6 Å². The van der Waals surface area contributed by atoms with Crippen LogP contribution in [0.3, 0.4) is 0 Å². The maximum atomic E-state index is 10.8. The van der Waals surface area contributed by atoms with Gasteiger partial charge in [-0.25, -0.2) is 4.98 Å². The number of fused-ring (bicyclic) bond motifs is 1. The van der Waals surface area contributed by atoms with E-state index in [1.165, 1.54) is 16.9 Å². The first kappa shape index (κ1) is 11.4. The van der Waals surface area contributed by atoms with Gasteiger partial charge in [0.1, 0.15) is 5.75 Å². The summed E-state index contributed by atoms with van der Waals surface area (Å²) in [4.78, 5) is 16.2. The molecule has 3 nitrogen and oxygen atoms in total. The van der Waals surface area contributed by atoms with E-state index in [0.717, 1.165) is 47.6 Å². The van der Waals surface area contributed by atoms with Crippen LogP contribution in [0.25, 0.3) is 11.3 Å². The zero-order chi connectivity index (χ0) is 12.5. The van der Waals surface area contributed by atoms with Crippen molar-refractivity contribution in [2.45, 2.75) is 19.8 Å². The number of carbonyl (C=O) groups is 1. The van der Waals surface area contributed by atoms with E-state index < -0.39 is 0 Å². The molecule has 0 unspecified atom stereocenters. The molecule has 1 aromatic heterocycles. The van der Waals surface area contributed by atoms with Gasteiger partial charge < -0.3 is 4.74 Å². The minimum absolute atomic E-state index is 0.538. The van der Waals surface area contributed by atoms with Crippen LogP contribution in [-0.2, 0) is 6.42 Å². The Morgan fingerprint density at radius 2 is 2.33 bits per heavy atom. The molecule has 1 aromatic carbocycles. The van der Waals surface area contributed by atoms with Crippen molar-refractivity contribution in [1.29, 1.82) is 0 Å². The van der Waals surface area contributed by atoms with Crippen molar-refractivity contribution in [3.63, 3.8) is 0 Å².